The van der Waals surface area contributed by atoms with Crippen LogP contribution in [0.4, 0.5) is 5.69 Å². The Bertz CT molecular complexity index is 1530. The summed E-state index contributed by atoms with van der Waals surface area (Å²) < 4.78 is 26.9. The zero-order valence-electron chi connectivity index (χ0n) is 23.6. The molecular weight excluding hydrogens is 652 g/mol. The number of carbonyl (C=O) groups excluding carboxylic acids is 2. The van der Waals surface area contributed by atoms with Crippen LogP contribution >= 0.6 is 46.4 Å². The van der Waals surface area contributed by atoms with Crippen molar-refractivity contribution in [2.45, 2.75) is 57.2 Å². The summed E-state index contributed by atoms with van der Waals surface area (Å²) in [5.74, 6) is -0.890. The number of rotatable bonds is 11. The molecule has 1 aliphatic carbocycles. The highest BCUT2D eigenvalue weighted by molar-refractivity contribution is 7.92. The molecule has 0 bridgehead atoms. The van der Waals surface area contributed by atoms with Crippen LogP contribution in [0.5, 0.6) is 0 Å². The lowest BCUT2D eigenvalue weighted by atomic mass is 9.94. The van der Waals surface area contributed by atoms with Gasteiger partial charge in [0.25, 0.3) is 0 Å². The van der Waals surface area contributed by atoms with Gasteiger partial charge in [-0.05, 0) is 48.2 Å². The number of nitrogens with zero attached hydrogens (tertiary/aromatic N) is 2. The van der Waals surface area contributed by atoms with E-state index in [-0.39, 0.29) is 45.7 Å². The number of anilines is 1. The van der Waals surface area contributed by atoms with Gasteiger partial charge in [0.2, 0.25) is 21.8 Å². The SMILES string of the molecule is CS(=O)(=O)N(CC(=O)N(Cc1ccc(Cl)cc1)C(Cc1ccccc1)C(=O)NC1CCCCC1)c1cc(Cl)c(Cl)cc1Cl. The van der Waals surface area contributed by atoms with Crippen molar-refractivity contribution in [3.05, 3.63) is 97.9 Å². The Hall–Kier alpha value is -2.49. The quantitative estimate of drug-likeness (QED) is 0.217. The van der Waals surface area contributed by atoms with E-state index >= 15 is 0 Å². The fourth-order valence-corrected chi connectivity index (χ4v) is 6.86. The first kappa shape index (κ1) is 33.4. The summed E-state index contributed by atoms with van der Waals surface area (Å²) in [5.41, 5.74) is 1.58. The summed E-state index contributed by atoms with van der Waals surface area (Å²) in [6.07, 6.45) is 6.11. The number of benzene rings is 3. The van der Waals surface area contributed by atoms with E-state index < -0.39 is 28.5 Å². The Morgan fingerprint density at radius 2 is 1.49 bits per heavy atom. The van der Waals surface area contributed by atoms with Crippen LogP contribution in [0.2, 0.25) is 20.1 Å². The summed E-state index contributed by atoms with van der Waals surface area (Å²) in [7, 11) is -4.02. The molecule has 12 heteroatoms. The summed E-state index contributed by atoms with van der Waals surface area (Å²) in [5, 5.41) is 3.92. The molecule has 0 spiro atoms. The van der Waals surface area contributed by atoms with Gasteiger partial charge in [-0.3, -0.25) is 13.9 Å². The summed E-state index contributed by atoms with van der Waals surface area (Å²) in [6, 6.07) is 18.0. The van der Waals surface area contributed by atoms with Crippen LogP contribution in [0, 0.1) is 0 Å². The lowest BCUT2D eigenvalue weighted by molar-refractivity contribution is -0.140. The lowest BCUT2D eigenvalue weighted by Gasteiger charge is -2.35. The van der Waals surface area contributed by atoms with Gasteiger partial charge in [-0.1, -0.05) is 108 Å². The Morgan fingerprint density at radius 3 is 2.12 bits per heavy atom. The molecule has 3 aromatic carbocycles. The van der Waals surface area contributed by atoms with Crippen molar-refractivity contribution in [1.82, 2.24) is 10.2 Å². The van der Waals surface area contributed by atoms with Gasteiger partial charge >= 0.3 is 0 Å². The molecule has 1 atom stereocenters. The van der Waals surface area contributed by atoms with E-state index in [1.165, 1.54) is 17.0 Å². The van der Waals surface area contributed by atoms with Crippen molar-refractivity contribution in [3.8, 4) is 0 Å². The monoisotopic (exact) mass is 683 g/mol. The third-order valence-corrected chi connectivity index (χ3v) is 9.83. The summed E-state index contributed by atoms with van der Waals surface area (Å²) in [6.45, 7) is -0.579. The Kier molecular flexibility index (Phi) is 11.6. The van der Waals surface area contributed by atoms with E-state index in [1.54, 1.807) is 24.3 Å². The fraction of sp³-hybridized carbons (Fsp3) is 0.355. The van der Waals surface area contributed by atoms with Gasteiger partial charge in [-0.25, -0.2) is 8.42 Å². The summed E-state index contributed by atoms with van der Waals surface area (Å²) in [4.78, 5) is 29.7. The largest absolute Gasteiger partial charge is 0.352 e. The fourth-order valence-electron chi connectivity index (χ4n) is 5.18. The standard InChI is InChI=1S/C31H33Cl4N3O4S/c1-43(41,42)38(28-18-26(34)25(33)17-27(28)35)20-30(39)37(19-22-12-14-23(32)15-13-22)29(16-21-8-4-2-5-9-21)31(40)36-24-10-6-3-7-11-24/h2,4-5,8-9,12-15,17-18,24,29H,3,6-7,10-11,16,19-20H2,1H3,(H,36,40). The van der Waals surface area contributed by atoms with Gasteiger partial charge in [0, 0.05) is 24.0 Å². The average molecular weight is 686 g/mol. The average Bonchev–Trinajstić information content (AvgIpc) is 2.97. The molecule has 1 aliphatic rings. The Morgan fingerprint density at radius 1 is 0.860 bits per heavy atom. The minimum atomic E-state index is -4.02. The molecule has 0 aromatic heterocycles. The molecule has 0 saturated heterocycles. The van der Waals surface area contributed by atoms with Gasteiger partial charge in [-0.2, -0.15) is 0 Å². The minimum absolute atomic E-state index is 0.00428. The van der Waals surface area contributed by atoms with Crippen molar-refractivity contribution < 1.29 is 18.0 Å². The maximum Gasteiger partial charge on any atom is 0.244 e. The van der Waals surface area contributed by atoms with Crippen molar-refractivity contribution in [2.75, 3.05) is 17.1 Å². The van der Waals surface area contributed by atoms with Crippen LogP contribution in [0.15, 0.2) is 66.7 Å². The minimum Gasteiger partial charge on any atom is -0.352 e. The third-order valence-electron chi connectivity index (χ3n) is 7.43. The van der Waals surface area contributed by atoms with E-state index in [2.05, 4.69) is 5.32 Å². The summed E-state index contributed by atoms with van der Waals surface area (Å²) >= 11 is 24.8. The second-order valence-corrected chi connectivity index (χ2v) is 14.2. The van der Waals surface area contributed by atoms with Gasteiger partial charge in [0.15, 0.2) is 0 Å². The second-order valence-electron chi connectivity index (χ2n) is 10.7. The lowest BCUT2D eigenvalue weighted by Crippen LogP contribution is -2.55. The molecule has 1 N–H and O–H groups in total. The number of carbonyl (C=O) groups is 2. The van der Waals surface area contributed by atoms with E-state index in [1.807, 2.05) is 30.3 Å². The van der Waals surface area contributed by atoms with Crippen LogP contribution < -0.4 is 9.62 Å². The third kappa shape index (κ3) is 9.25. The molecule has 0 radical (unpaired) electrons. The predicted molar refractivity (Wildman–Crippen MR) is 175 cm³/mol. The highest BCUT2D eigenvalue weighted by atomic mass is 35.5. The van der Waals surface area contributed by atoms with E-state index in [0.717, 1.165) is 53.8 Å². The number of nitrogens with one attached hydrogen (secondary N) is 1. The van der Waals surface area contributed by atoms with Crippen molar-refractivity contribution in [2.24, 2.45) is 0 Å². The first-order valence-electron chi connectivity index (χ1n) is 13.9. The van der Waals surface area contributed by atoms with Crippen molar-refractivity contribution in [1.29, 1.82) is 0 Å². The predicted octanol–water partition coefficient (Wildman–Crippen LogP) is 7.16. The highest BCUT2D eigenvalue weighted by Gasteiger charge is 2.34. The van der Waals surface area contributed by atoms with Crippen molar-refractivity contribution >= 4 is 73.9 Å². The Balaban J connectivity index is 1.74. The molecule has 1 unspecified atom stereocenters. The molecule has 230 valence electrons. The molecule has 1 fully saturated rings. The zero-order valence-corrected chi connectivity index (χ0v) is 27.5. The first-order valence-corrected chi connectivity index (χ1v) is 17.3. The topological polar surface area (TPSA) is 86.8 Å². The number of halogens is 4. The van der Waals surface area contributed by atoms with Crippen LogP contribution in [0.1, 0.15) is 43.2 Å². The van der Waals surface area contributed by atoms with Crippen LogP contribution in [-0.4, -0.2) is 50.0 Å². The maximum absolute atomic E-state index is 14.2. The van der Waals surface area contributed by atoms with Crippen molar-refractivity contribution in [3.63, 3.8) is 0 Å². The van der Waals surface area contributed by atoms with Gasteiger partial charge < -0.3 is 10.2 Å². The number of amides is 2. The number of hydrogen-bond acceptors (Lipinski definition) is 4. The first-order chi connectivity index (χ1) is 20.4. The molecule has 1 saturated carbocycles. The van der Waals surface area contributed by atoms with Gasteiger partial charge in [0.1, 0.15) is 12.6 Å². The van der Waals surface area contributed by atoms with Gasteiger partial charge in [-0.15, -0.1) is 0 Å². The van der Waals surface area contributed by atoms with Gasteiger partial charge in [0.05, 0.1) is 27.0 Å². The second kappa shape index (κ2) is 15.0. The molecular formula is C31H33Cl4N3O4S. The van der Waals surface area contributed by atoms with Crippen LogP contribution in [0.3, 0.4) is 0 Å². The molecule has 7 nitrogen and oxygen atoms in total. The molecule has 0 aliphatic heterocycles. The number of sulfonamides is 1. The van der Waals surface area contributed by atoms with E-state index in [4.69, 9.17) is 46.4 Å². The molecule has 43 heavy (non-hydrogen) atoms. The molecule has 2 amide bonds. The molecule has 0 heterocycles. The van der Waals surface area contributed by atoms with E-state index in [9.17, 15) is 18.0 Å². The van der Waals surface area contributed by atoms with Crippen LogP contribution in [-0.2, 0) is 32.6 Å². The normalized spacial score (nSPS) is 14.6. The van der Waals surface area contributed by atoms with Crippen LogP contribution in [0.25, 0.3) is 0 Å². The number of hydrogen-bond donors (Lipinski definition) is 1. The Labute approximate surface area is 273 Å². The molecule has 3 aromatic rings. The zero-order chi connectivity index (χ0) is 31.1. The maximum atomic E-state index is 14.2. The highest BCUT2D eigenvalue weighted by Crippen LogP contribution is 2.36. The molecule has 4 rings (SSSR count). The smallest absolute Gasteiger partial charge is 0.244 e. The van der Waals surface area contributed by atoms with E-state index in [0.29, 0.717) is 5.02 Å².